The van der Waals surface area contributed by atoms with Gasteiger partial charge < -0.3 is 14.2 Å². The third-order valence-corrected chi connectivity index (χ3v) is 12.2. The van der Waals surface area contributed by atoms with E-state index in [0.29, 0.717) is 19.3 Å². The van der Waals surface area contributed by atoms with Gasteiger partial charge in [-0.25, -0.2) is 0 Å². The molecule has 0 aliphatic rings. The van der Waals surface area contributed by atoms with Gasteiger partial charge in [0.15, 0.2) is 6.10 Å². The van der Waals surface area contributed by atoms with Crippen molar-refractivity contribution < 1.29 is 28.6 Å². The molecule has 71 heavy (non-hydrogen) atoms. The lowest BCUT2D eigenvalue weighted by Crippen LogP contribution is -2.30. The molecule has 0 saturated carbocycles. The highest BCUT2D eigenvalue weighted by Crippen LogP contribution is 2.15. The number of ether oxygens (including phenoxy) is 3. The molecule has 0 aliphatic carbocycles. The first kappa shape index (κ1) is 67.1. The summed E-state index contributed by atoms with van der Waals surface area (Å²) in [5.41, 5.74) is 0. The number of hydrogen-bond acceptors (Lipinski definition) is 6. The van der Waals surface area contributed by atoms with Crippen molar-refractivity contribution >= 4 is 17.9 Å². The van der Waals surface area contributed by atoms with E-state index in [2.05, 4.69) is 124 Å². The lowest BCUT2D eigenvalue weighted by molar-refractivity contribution is -0.166. The fourth-order valence-electron chi connectivity index (χ4n) is 7.85. The highest BCUT2D eigenvalue weighted by atomic mass is 16.6. The zero-order valence-corrected chi connectivity index (χ0v) is 46.2. The predicted molar refractivity (Wildman–Crippen MR) is 307 cm³/mol. The Morgan fingerprint density at radius 2 is 0.577 bits per heavy atom. The standard InChI is InChI=1S/C65H108O6/c1-4-7-10-13-16-19-22-25-28-30-32-34-37-39-42-45-48-51-54-57-63(66)69-60-62(71-65(68)59-56-53-50-47-44-41-36-27-24-21-18-15-12-9-6-3)61-70-64(67)58-55-52-49-46-43-40-38-35-33-31-29-26-23-20-17-14-11-8-5-2/h7,10,16-17,19-21,24-26,28-29,32,34,39,42,48,51,62H,4-6,8-9,11-15,18,22-23,27,30-31,33,35-38,40-41,43-47,49-50,52-61H2,1-3H3/b10-7-,19-16-,20-17-,24-21-,28-25-,29-26-,34-32-,42-39-,51-48-/t62-/m1/s1. The van der Waals surface area contributed by atoms with E-state index in [4.69, 9.17) is 14.2 Å². The molecule has 0 aromatic carbocycles. The molecule has 0 aromatic rings. The summed E-state index contributed by atoms with van der Waals surface area (Å²) in [7, 11) is 0. The molecule has 0 amide bonds. The highest BCUT2D eigenvalue weighted by Gasteiger charge is 2.19. The second kappa shape index (κ2) is 58.6. The summed E-state index contributed by atoms with van der Waals surface area (Å²) in [4.78, 5) is 38.2. The van der Waals surface area contributed by atoms with Crippen molar-refractivity contribution in [2.75, 3.05) is 13.2 Å². The van der Waals surface area contributed by atoms with Crippen LogP contribution in [0.1, 0.15) is 265 Å². The minimum atomic E-state index is -0.815. The monoisotopic (exact) mass is 985 g/mol. The number of allylic oxidation sites excluding steroid dienone is 18. The minimum Gasteiger partial charge on any atom is -0.462 e. The molecule has 0 radical (unpaired) electrons. The molecule has 0 aliphatic heterocycles. The van der Waals surface area contributed by atoms with Crippen LogP contribution in [0, 0.1) is 0 Å². The van der Waals surface area contributed by atoms with Crippen molar-refractivity contribution in [2.24, 2.45) is 0 Å². The van der Waals surface area contributed by atoms with Crippen LogP contribution in [-0.4, -0.2) is 37.2 Å². The SMILES string of the molecule is CC/C=C\C/C=C\C/C=C\C/C=C\C/C=C\C/C=C\CCC(=O)OC[C@H](COC(=O)CCCCCCCCCCC/C=C\C/C=C\CCCCC)OC(=O)CCCCCCCCC/C=C\CCCCCC. The van der Waals surface area contributed by atoms with Gasteiger partial charge >= 0.3 is 17.9 Å². The molecule has 0 spiro atoms. The van der Waals surface area contributed by atoms with Crippen LogP contribution in [-0.2, 0) is 28.6 Å². The van der Waals surface area contributed by atoms with E-state index < -0.39 is 6.10 Å². The Labute approximate surface area is 438 Å². The van der Waals surface area contributed by atoms with Crippen LogP contribution in [0.25, 0.3) is 0 Å². The lowest BCUT2D eigenvalue weighted by Gasteiger charge is -2.18. The first-order chi connectivity index (χ1) is 35.0. The maximum Gasteiger partial charge on any atom is 0.306 e. The first-order valence-electron chi connectivity index (χ1n) is 29.4. The molecule has 6 heteroatoms. The van der Waals surface area contributed by atoms with Gasteiger partial charge in [-0.3, -0.25) is 14.4 Å². The van der Waals surface area contributed by atoms with Crippen molar-refractivity contribution in [2.45, 2.75) is 271 Å². The van der Waals surface area contributed by atoms with Crippen molar-refractivity contribution in [3.8, 4) is 0 Å². The fraction of sp³-hybridized carbons (Fsp3) is 0.677. The number of esters is 3. The quantitative estimate of drug-likeness (QED) is 0.0261. The first-order valence-corrected chi connectivity index (χ1v) is 29.4. The topological polar surface area (TPSA) is 78.9 Å². The summed E-state index contributed by atoms with van der Waals surface area (Å²) >= 11 is 0. The number of hydrogen-bond donors (Lipinski definition) is 0. The van der Waals surface area contributed by atoms with Gasteiger partial charge in [-0.15, -0.1) is 0 Å². The van der Waals surface area contributed by atoms with Gasteiger partial charge in [0.25, 0.3) is 0 Å². The summed E-state index contributed by atoms with van der Waals surface area (Å²) in [6.07, 6.45) is 79.4. The Bertz CT molecular complexity index is 1460. The van der Waals surface area contributed by atoms with Crippen molar-refractivity contribution in [3.05, 3.63) is 109 Å². The van der Waals surface area contributed by atoms with E-state index in [1.54, 1.807) is 0 Å². The van der Waals surface area contributed by atoms with Crippen LogP contribution in [0.3, 0.4) is 0 Å². The molecule has 0 unspecified atom stereocenters. The number of rotatable bonds is 52. The van der Waals surface area contributed by atoms with E-state index in [0.717, 1.165) is 83.5 Å². The van der Waals surface area contributed by atoms with Crippen LogP contribution >= 0.6 is 0 Å². The molecule has 0 N–H and O–H groups in total. The Hall–Kier alpha value is -3.93. The average Bonchev–Trinajstić information content (AvgIpc) is 3.37. The molecular formula is C65H108O6. The second-order valence-electron chi connectivity index (χ2n) is 19.2. The van der Waals surface area contributed by atoms with E-state index in [1.807, 2.05) is 6.08 Å². The zero-order valence-electron chi connectivity index (χ0n) is 46.2. The van der Waals surface area contributed by atoms with Crippen molar-refractivity contribution in [3.63, 3.8) is 0 Å². The van der Waals surface area contributed by atoms with Gasteiger partial charge in [-0.05, 0) is 116 Å². The minimum absolute atomic E-state index is 0.106. The third-order valence-electron chi connectivity index (χ3n) is 12.2. The largest absolute Gasteiger partial charge is 0.462 e. The number of unbranched alkanes of at least 4 members (excludes halogenated alkanes) is 23. The van der Waals surface area contributed by atoms with Crippen LogP contribution in [0.4, 0.5) is 0 Å². The van der Waals surface area contributed by atoms with Crippen molar-refractivity contribution in [1.82, 2.24) is 0 Å². The maximum absolute atomic E-state index is 12.9. The zero-order chi connectivity index (χ0) is 51.4. The molecule has 404 valence electrons. The normalized spacial score (nSPS) is 12.9. The third kappa shape index (κ3) is 56.9. The van der Waals surface area contributed by atoms with Gasteiger partial charge in [0, 0.05) is 19.3 Å². The molecule has 0 aromatic heterocycles. The lowest BCUT2D eigenvalue weighted by atomic mass is 10.1. The molecule has 1 atom stereocenters. The Morgan fingerprint density at radius 3 is 0.986 bits per heavy atom. The molecule has 0 rings (SSSR count). The van der Waals surface area contributed by atoms with E-state index in [9.17, 15) is 14.4 Å². The van der Waals surface area contributed by atoms with Gasteiger partial charge in [0.05, 0.1) is 0 Å². The molecule has 0 fully saturated rings. The smallest absolute Gasteiger partial charge is 0.306 e. The van der Waals surface area contributed by atoms with E-state index >= 15 is 0 Å². The van der Waals surface area contributed by atoms with Crippen LogP contribution < -0.4 is 0 Å². The second-order valence-corrected chi connectivity index (χ2v) is 19.2. The molecule has 0 saturated heterocycles. The summed E-state index contributed by atoms with van der Waals surface area (Å²) in [6, 6.07) is 0. The van der Waals surface area contributed by atoms with Gasteiger partial charge in [-0.2, -0.15) is 0 Å². The summed E-state index contributed by atoms with van der Waals surface area (Å²) < 4.78 is 16.8. The summed E-state index contributed by atoms with van der Waals surface area (Å²) in [5, 5.41) is 0. The fourth-order valence-corrected chi connectivity index (χ4v) is 7.85. The number of carbonyl (C=O) groups excluding carboxylic acids is 3. The van der Waals surface area contributed by atoms with Crippen molar-refractivity contribution in [1.29, 1.82) is 0 Å². The summed E-state index contributed by atoms with van der Waals surface area (Å²) in [5.74, 6) is -1.00. The van der Waals surface area contributed by atoms with Crippen LogP contribution in [0.2, 0.25) is 0 Å². The number of carbonyl (C=O) groups is 3. The average molecular weight is 986 g/mol. The predicted octanol–water partition coefficient (Wildman–Crippen LogP) is 19.9. The van der Waals surface area contributed by atoms with Crippen LogP contribution in [0.5, 0.6) is 0 Å². The Balaban J connectivity index is 4.50. The van der Waals surface area contributed by atoms with E-state index in [1.165, 1.54) is 135 Å². The Kier molecular flexibility index (Phi) is 55.4. The Morgan fingerprint density at radius 1 is 0.296 bits per heavy atom. The molecule has 0 heterocycles. The van der Waals surface area contributed by atoms with Gasteiger partial charge in [-0.1, -0.05) is 239 Å². The molecule has 0 bridgehead atoms. The summed E-state index contributed by atoms with van der Waals surface area (Å²) in [6.45, 7) is 6.42. The highest BCUT2D eigenvalue weighted by molar-refractivity contribution is 5.71. The molecule has 6 nitrogen and oxygen atoms in total. The van der Waals surface area contributed by atoms with Crippen LogP contribution in [0.15, 0.2) is 109 Å². The molecular weight excluding hydrogens is 877 g/mol. The van der Waals surface area contributed by atoms with E-state index in [-0.39, 0.29) is 37.5 Å². The van der Waals surface area contributed by atoms with Gasteiger partial charge in [0.2, 0.25) is 0 Å². The van der Waals surface area contributed by atoms with Gasteiger partial charge in [0.1, 0.15) is 13.2 Å². The maximum atomic E-state index is 12.9.